The van der Waals surface area contributed by atoms with Gasteiger partial charge in [0.2, 0.25) is 0 Å². The van der Waals surface area contributed by atoms with Crippen molar-refractivity contribution in [1.82, 2.24) is 0 Å². The molecule has 0 fully saturated rings. The van der Waals surface area contributed by atoms with E-state index in [1.807, 2.05) is 18.2 Å². The number of nitrogens with zero attached hydrogens (tertiary/aromatic N) is 1. The normalized spacial score (nSPS) is 9.83. The molecule has 18 heavy (non-hydrogen) atoms. The van der Waals surface area contributed by atoms with Crippen LogP contribution in [0.1, 0.15) is 18.1 Å². The van der Waals surface area contributed by atoms with Crippen LogP contribution in [0.2, 0.25) is 5.02 Å². The van der Waals surface area contributed by atoms with Gasteiger partial charge in [0.25, 0.3) is 0 Å². The summed E-state index contributed by atoms with van der Waals surface area (Å²) in [4.78, 5) is 0. The lowest BCUT2D eigenvalue weighted by Crippen LogP contribution is -1.92. The number of nitrogens with one attached hydrogen (secondary N) is 1. The van der Waals surface area contributed by atoms with Gasteiger partial charge in [-0.05, 0) is 42.3 Å². The summed E-state index contributed by atoms with van der Waals surface area (Å²) in [5.74, 6) is 0. The summed E-state index contributed by atoms with van der Waals surface area (Å²) in [5, 5.41) is 12.6. The van der Waals surface area contributed by atoms with Crippen LogP contribution >= 0.6 is 11.6 Å². The van der Waals surface area contributed by atoms with Crippen molar-refractivity contribution in [3.63, 3.8) is 0 Å². The Morgan fingerprint density at radius 1 is 1.22 bits per heavy atom. The molecule has 0 unspecified atom stereocenters. The largest absolute Gasteiger partial charge is 0.354 e. The second-order valence-corrected chi connectivity index (χ2v) is 4.39. The molecule has 0 bridgehead atoms. The Balaban J connectivity index is 2.26. The highest BCUT2D eigenvalue weighted by atomic mass is 35.5. The van der Waals surface area contributed by atoms with Crippen LogP contribution < -0.4 is 5.32 Å². The van der Waals surface area contributed by atoms with Crippen LogP contribution in [0.4, 0.5) is 11.4 Å². The Morgan fingerprint density at radius 3 is 2.72 bits per heavy atom. The van der Waals surface area contributed by atoms with Gasteiger partial charge in [-0.25, -0.2) is 0 Å². The second kappa shape index (κ2) is 5.57. The van der Waals surface area contributed by atoms with E-state index < -0.39 is 0 Å². The number of hydrogen-bond acceptors (Lipinski definition) is 2. The minimum Gasteiger partial charge on any atom is -0.354 e. The van der Waals surface area contributed by atoms with E-state index in [4.69, 9.17) is 16.9 Å². The number of benzene rings is 2. The molecule has 2 aromatic rings. The first kappa shape index (κ1) is 12.5. The number of aryl methyl sites for hydroxylation is 1. The van der Waals surface area contributed by atoms with E-state index in [-0.39, 0.29) is 0 Å². The van der Waals surface area contributed by atoms with Crippen LogP contribution in [0.15, 0.2) is 42.5 Å². The minimum atomic E-state index is 0.552. The fourth-order valence-electron chi connectivity index (χ4n) is 1.71. The summed E-state index contributed by atoms with van der Waals surface area (Å²) >= 11 is 6.12. The predicted octanol–water partition coefficient (Wildman–Crippen LogP) is 4.52. The molecular weight excluding hydrogens is 244 g/mol. The molecule has 0 heterocycles. The van der Waals surface area contributed by atoms with Crippen LogP contribution in [-0.4, -0.2) is 0 Å². The number of halogens is 1. The molecule has 0 saturated heterocycles. The molecular formula is C15H13ClN2. The number of rotatable bonds is 3. The highest BCUT2D eigenvalue weighted by molar-refractivity contribution is 6.33. The summed E-state index contributed by atoms with van der Waals surface area (Å²) < 4.78 is 0. The quantitative estimate of drug-likeness (QED) is 0.877. The van der Waals surface area contributed by atoms with E-state index in [9.17, 15) is 0 Å². The molecule has 3 heteroatoms. The fourth-order valence-corrected chi connectivity index (χ4v) is 1.94. The lowest BCUT2D eigenvalue weighted by molar-refractivity contribution is 1.14. The van der Waals surface area contributed by atoms with E-state index >= 15 is 0 Å². The van der Waals surface area contributed by atoms with Crippen molar-refractivity contribution in [3.8, 4) is 6.07 Å². The number of hydrogen-bond donors (Lipinski definition) is 1. The molecule has 2 nitrogen and oxygen atoms in total. The van der Waals surface area contributed by atoms with Crippen molar-refractivity contribution in [2.45, 2.75) is 13.3 Å². The Hall–Kier alpha value is -1.98. The Labute approximate surface area is 112 Å². The maximum absolute atomic E-state index is 8.78. The molecule has 2 rings (SSSR count). The van der Waals surface area contributed by atoms with Crippen LogP contribution in [0.25, 0.3) is 0 Å². The predicted molar refractivity (Wildman–Crippen MR) is 75.3 cm³/mol. The average Bonchev–Trinajstić information content (AvgIpc) is 2.41. The second-order valence-electron chi connectivity index (χ2n) is 3.99. The van der Waals surface area contributed by atoms with E-state index in [0.29, 0.717) is 10.6 Å². The van der Waals surface area contributed by atoms with Crippen LogP contribution in [0, 0.1) is 11.3 Å². The minimum absolute atomic E-state index is 0.552. The summed E-state index contributed by atoms with van der Waals surface area (Å²) in [6.07, 6.45) is 0.997. The molecule has 2 aromatic carbocycles. The van der Waals surface area contributed by atoms with Gasteiger partial charge in [0.05, 0.1) is 22.3 Å². The summed E-state index contributed by atoms with van der Waals surface area (Å²) in [6, 6.07) is 15.5. The smallest absolute Gasteiger partial charge is 0.0992 e. The first-order valence-corrected chi connectivity index (χ1v) is 6.16. The third kappa shape index (κ3) is 2.82. The lowest BCUT2D eigenvalue weighted by Gasteiger charge is -2.09. The molecule has 90 valence electrons. The zero-order valence-electron chi connectivity index (χ0n) is 10.1. The van der Waals surface area contributed by atoms with Gasteiger partial charge in [0, 0.05) is 5.69 Å². The van der Waals surface area contributed by atoms with Crippen LogP contribution in [0.3, 0.4) is 0 Å². The highest BCUT2D eigenvalue weighted by Crippen LogP contribution is 2.26. The molecule has 0 radical (unpaired) electrons. The van der Waals surface area contributed by atoms with Gasteiger partial charge in [-0.3, -0.25) is 0 Å². The van der Waals surface area contributed by atoms with Gasteiger partial charge in [-0.15, -0.1) is 0 Å². The van der Waals surface area contributed by atoms with E-state index in [0.717, 1.165) is 17.8 Å². The third-order valence-electron chi connectivity index (χ3n) is 2.71. The summed E-state index contributed by atoms with van der Waals surface area (Å²) in [7, 11) is 0. The van der Waals surface area contributed by atoms with Crippen molar-refractivity contribution in [1.29, 1.82) is 5.26 Å². The third-order valence-corrected chi connectivity index (χ3v) is 3.03. The van der Waals surface area contributed by atoms with Gasteiger partial charge in [-0.2, -0.15) is 5.26 Å². The Kier molecular flexibility index (Phi) is 3.86. The van der Waals surface area contributed by atoms with Crippen molar-refractivity contribution >= 4 is 23.0 Å². The Morgan fingerprint density at radius 2 is 2.06 bits per heavy atom. The lowest BCUT2D eigenvalue weighted by atomic mass is 10.1. The molecule has 0 spiro atoms. The van der Waals surface area contributed by atoms with Crippen molar-refractivity contribution < 1.29 is 0 Å². The van der Waals surface area contributed by atoms with Crippen molar-refractivity contribution in [2.75, 3.05) is 5.32 Å². The summed E-state index contributed by atoms with van der Waals surface area (Å²) in [5.41, 5.74) is 3.64. The van der Waals surface area contributed by atoms with Gasteiger partial charge in [-0.1, -0.05) is 30.7 Å². The molecule has 0 amide bonds. The maximum Gasteiger partial charge on any atom is 0.0992 e. The average molecular weight is 257 g/mol. The summed E-state index contributed by atoms with van der Waals surface area (Å²) in [6.45, 7) is 2.12. The van der Waals surface area contributed by atoms with E-state index in [1.54, 1.807) is 12.1 Å². The standard InChI is InChI=1S/C15H13ClN2/c1-2-11-4-3-5-13(8-11)18-15-7-6-12(10-17)9-14(15)16/h3-9,18H,2H2,1H3. The highest BCUT2D eigenvalue weighted by Gasteiger charge is 2.02. The molecule has 1 N–H and O–H groups in total. The maximum atomic E-state index is 8.78. The number of anilines is 2. The molecule has 0 aliphatic rings. The first-order valence-electron chi connectivity index (χ1n) is 5.78. The molecule has 0 atom stereocenters. The monoisotopic (exact) mass is 256 g/mol. The fraction of sp³-hybridized carbons (Fsp3) is 0.133. The van der Waals surface area contributed by atoms with Gasteiger partial charge >= 0.3 is 0 Å². The zero-order valence-corrected chi connectivity index (χ0v) is 10.8. The molecule has 0 aliphatic heterocycles. The van der Waals surface area contributed by atoms with Gasteiger partial charge < -0.3 is 5.32 Å². The van der Waals surface area contributed by atoms with E-state index in [1.165, 1.54) is 5.56 Å². The Bertz CT molecular complexity index is 600. The first-order chi connectivity index (χ1) is 8.72. The zero-order chi connectivity index (χ0) is 13.0. The topological polar surface area (TPSA) is 35.8 Å². The van der Waals surface area contributed by atoms with E-state index in [2.05, 4.69) is 30.4 Å². The van der Waals surface area contributed by atoms with Crippen molar-refractivity contribution in [3.05, 3.63) is 58.6 Å². The van der Waals surface area contributed by atoms with Crippen LogP contribution in [-0.2, 0) is 6.42 Å². The van der Waals surface area contributed by atoms with Crippen LogP contribution in [0.5, 0.6) is 0 Å². The molecule has 0 aliphatic carbocycles. The molecule has 0 aromatic heterocycles. The van der Waals surface area contributed by atoms with Crippen molar-refractivity contribution in [2.24, 2.45) is 0 Å². The molecule has 0 saturated carbocycles. The number of nitriles is 1. The van der Waals surface area contributed by atoms with Gasteiger partial charge in [0.1, 0.15) is 0 Å². The SMILES string of the molecule is CCc1cccc(Nc2ccc(C#N)cc2Cl)c1. The van der Waals surface area contributed by atoms with Gasteiger partial charge in [0.15, 0.2) is 0 Å².